The van der Waals surface area contributed by atoms with Gasteiger partial charge in [0.25, 0.3) is 0 Å². The van der Waals surface area contributed by atoms with Gasteiger partial charge in [0.2, 0.25) is 0 Å². The van der Waals surface area contributed by atoms with Crippen molar-refractivity contribution in [3.05, 3.63) is 58.7 Å². The maximum Gasteiger partial charge on any atom is 0.132 e. The van der Waals surface area contributed by atoms with Crippen molar-refractivity contribution < 1.29 is 8.78 Å². The predicted octanol–water partition coefficient (Wildman–Crippen LogP) is 5.45. The lowest BCUT2D eigenvalue weighted by atomic mass is 9.94. The van der Waals surface area contributed by atoms with Gasteiger partial charge in [-0.1, -0.05) is 38.1 Å². The van der Waals surface area contributed by atoms with E-state index in [4.69, 9.17) is 0 Å². The molecule has 2 aromatic rings. The molecule has 106 valence electrons. The molecule has 0 N–H and O–H groups in total. The molecule has 0 nitrogen and oxygen atoms in total. The van der Waals surface area contributed by atoms with Crippen molar-refractivity contribution in [1.82, 2.24) is 0 Å². The first-order valence-corrected chi connectivity index (χ1v) is 6.94. The van der Waals surface area contributed by atoms with Crippen LogP contribution < -0.4 is 0 Å². The minimum absolute atomic E-state index is 0.0876. The summed E-state index contributed by atoms with van der Waals surface area (Å²) >= 11 is 0. The van der Waals surface area contributed by atoms with Gasteiger partial charge < -0.3 is 0 Å². The van der Waals surface area contributed by atoms with Crippen LogP contribution in [0.3, 0.4) is 0 Å². The Morgan fingerprint density at radius 3 is 2.35 bits per heavy atom. The van der Waals surface area contributed by atoms with Crippen LogP contribution >= 0.6 is 0 Å². The van der Waals surface area contributed by atoms with Gasteiger partial charge in [-0.15, -0.1) is 0 Å². The van der Waals surface area contributed by atoms with E-state index in [2.05, 4.69) is 19.9 Å². The number of hydrogen-bond acceptors (Lipinski definition) is 0. The van der Waals surface area contributed by atoms with E-state index in [1.807, 2.05) is 18.2 Å². The second kappa shape index (κ2) is 5.74. The van der Waals surface area contributed by atoms with Crippen molar-refractivity contribution in [3.8, 4) is 11.1 Å². The van der Waals surface area contributed by atoms with Crippen molar-refractivity contribution in [2.45, 2.75) is 34.1 Å². The first kappa shape index (κ1) is 14.7. The summed E-state index contributed by atoms with van der Waals surface area (Å²) in [4.78, 5) is 0. The Morgan fingerprint density at radius 1 is 1.00 bits per heavy atom. The topological polar surface area (TPSA) is 0 Å². The van der Waals surface area contributed by atoms with Gasteiger partial charge in [0, 0.05) is 5.56 Å². The van der Waals surface area contributed by atoms with Gasteiger partial charge >= 0.3 is 0 Å². The first-order valence-electron chi connectivity index (χ1n) is 6.94. The van der Waals surface area contributed by atoms with E-state index in [1.54, 1.807) is 6.92 Å². The summed E-state index contributed by atoms with van der Waals surface area (Å²) in [7, 11) is 0. The molecule has 0 saturated heterocycles. The van der Waals surface area contributed by atoms with E-state index in [9.17, 15) is 8.78 Å². The zero-order chi connectivity index (χ0) is 14.9. The molecule has 2 rings (SSSR count). The summed E-state index contributed by atoms with van der Waals surface area (Å²) in [5.74, 6) is -0.385. The van der Waals surface area contributed by atoms with Gasteiger partial charge in [-0.05, 0) is 54.5 Å². The third kappa shape index (κ3) is 2.90. The second-order valence-corrected chi connectivity index (χ2v) is 5.77. The molecule has 0 atom stereocenters. The number of halogens is 2. The largest absolute Gasteiger partial charge is 0.207 e. The molecule has 0 heterocycles. The summed E-state index contributed by atoms with van der Waals surface area (Å²) in [5.41, 5.74) is 3.29. The van der Waals surface area contributed by atoms with Crippen LogP contribution in [0.25, 0.3) is 11.1 Å². The molecule has 0 bridgehead atoms. The van der Waals surface area contributed by atoms with E-state index < -0.39 is 11.6 Å². The quantitative estimate of drug-likeness (QED) is 0.698. The molecule has 0 unspecified atom stereocenters. The second-order valence-electron chi connectivity index (χ2n) is 5.77. The smallest absolute Gasteiger partial charge is 0.132 e. The van der Waals surface area contributed by atoms with Crippen molar-refractivity contribution in [1.29, 1.82) is 0 Å². The van der Waals surface area contributed by atoms with Gasteiger partial charge in [0.05, 0.1) is 0 Å². The molecule has 0 spiro atoms. The standard InChI is InChI=1S/C18H20F2/c1-11(2)8-14-6-5-7-15(9-14)16-10-17(19)13(4)18(20)12(16)3/h5-7,9-11H,8H2,1-4H3. The number of benzene rings is 2. The average molecular weight is 274 g/mol. The minimum Gasteiger partial charge on any atom is -0.207 e. The average Bonchev–Trinajstić information content (AvgIpc) is 2.40. The monoisotopic (exact) mass is 274 g/mol. The zero-order valence-corrected chi connectivity index (χ0v) is 12.4. The number of hydrogen-bond donors (Lipinski definition) is 0. The number of rotatable bonds is 3. The summed E-state index contributed by atoms with van der Waals surface area (Å²) in [6.45, 7) is 7.48. The third-order valence-corrected chi connectivity index (χ3v) is 3.57. The highest BCUT2D eigenvalue weighted by atomic mass is 19.1. The maximum absolute atomic E-state index is 14.0. The zero-order valence-electron chi connectivity index (χ0n) is 12.4. The Bertz CT molecular complexity index is 628. The SMILES string of the molecule is Cc1c(F)cc(-c2cccc(CC(C)C)c2)c(C)c1F. The molecule has 0 aliphatic rings. The van der Waals surface area contributed by atoms with Crippen LogP contribution in [0.5, 0.6) is 0 Å². The van der Waals surface area contributed by atoms with Crippen LogP contribution in [0.15, 0.2) is 30.3 Å². The molecular weight excluding hydrogens is 254 g/mol. The first-order chi connectivity index (χ1) is 9.40. The van der Waals surface area contributed by atoms with Crippen LogP contribution in [-0.4, -0.2) is 0 Å². The molecule has 0 aliphatic heterocycles. The molecule has 0 radical (unpaired) electrons. The van der Waals surface area contributed by atoms with Crippen molar-refractivity contribution >= 4 is 0 Å². The van der Waals surface area contributed by atoms with Crippen molar-refractivity contribution in [2.24, 2.45) is 5.92 Å². The van der Waals surface area contributed by atoms with Crippen LogP contribution in [-0.2, 0) is 6.42 Å². The normalized spacial score (nSPS) is 11.2. The molecule has 0 amide bonds. The molecule has 0 saturated carbocycles. The molecule has 2 aromatic carbocycles. The van der Waals surface area contributed by atoms with E-state index in [1.165, 1.54) is 18.6 Å². The lowest BCUT2D eigenvalue weighted by Gasteiger charge is -2.12. The molecular formula is C18H20F2. The Morgan fingerprint density at radius 2 is 1.70 bits per heavy atom. The Kier molecular flexibility index (Phi) is 4.22. The summed E-state index contributed by atoms with van der Waals surface area (Å²) in [6.07, 6.45) is 0.962. The lowest BCUT2D eigenvalue weighted by Crippen LogP contribution is -1.98. The fourth-order valence-electron chi connectivity index (χ4n) is 2.48. The van der Waals surface area contributed by atoms with Gasteiger partial charge in [0.1, 0.15) is 11.6 Å². The van der Waals surface area contributed by atoms with E-state index in [-0.39, 0.29) is 5.56 Å². The van der Waals surface area contributed by atoms with Gasteiger partial charge in [-0.3, -0.25) is 0 Å². The van der Waals surface area contributed by atoms with Gasteiger partial charge in [-0.2, -0.15) is 0 Å². The highest BCUT2D eigenvalue weighted by Gasteiger charge is 2.14. The van der Waals surface area contributed by atoms with Crippen LogP contribution in [0.4, 0.5) is 8.78 Å². The summed E-state index contributed by atoms with van der Waals surface area (Å²) in [6, 6.07) is 9.36. The molecule has 20 heavy (non-hydrogen) atoms. The highest BCUT2D eigenvalue weighted by molar-refractivity contribution is 5.68. The predicted molar refractivity (Wildman–Crippen MR) is 79.8 cm³/mol. The van der Waals surface area contributed by atoms with Gasteiger partial charge in [-0.25, -0.2) is 8.78 Å². The third-order valence-electron chi connectivity index (χ3n) is 3.57. The molecule has 0 aromatic heterocycles. The summed E-state index contributed by atoms with van der Waals surface area (Å²) < 4.78 is 27.8. The molecule has 0 fully saturated rings. The summed E-state index contributed by atoms with van der Waals surface area (Å²) in [5, 5.41) is 0. The minimum atomic E-state index is -0.489. The molecule has 2 heteroatoms. The van der Waals surface area contributed by atoms with Crippen LogP contribution in [0, 0.1) is 31.4 Å². The van der Waals surface area contributed by atoms with Gasteiger partial charge in [0.15, 0.2) is 0 Å². The fraction of sp³-hybridized carbons (Fsp3) is 0.333. The van der Waals surface area contributed by atoms with E-state index in [0.29, 0.717) is 17.0 Å². The Labute approximate surface area is 119 Å². The van der Waals surface area contributed by atoms with E-state index in [0.717, 1.165) is 12.0 Å². The van der Waals surface area contributed by atoms with Crippen molar-refractivity contribution in [3.63, 3.8) is 0 Å². The maximum atomic E-state index is 14.0. The highest BCUT2D eigenvalue weighted by Crippen LogP contribution is 2.29. The Hall–Kier alpha value is -1.70. The van der Waals surface area contributed by atoms with Crippen molar-refractivity contribution in [2.75, 3.05) is 0 Å². The fourth-order valence-corrected chi connectivity index (χ4v) is 2.48. The molecule has 0 aliphatic carbocycles. The lowest BCUT2D eigenvalue weighted by molar-refractivity contribution is 0.563. The Balaban J connectivity index is 2.52. The van der Waals surface area contributed by atoms with Crippen LogP contribution in [0.1, 0.15) is 30.5 Å². The van der Waals surface area contributed by atoms with Crippen LogP contribution in [0.2, 0.25) is 0 Å². The van der Waals surface area contributed by atoms with E-state index >= 15 is 0 Å².